The van der Waals surface area contributed by atoms with Gasteiger partial charge in [0.2, 0.25) is 0 Å². The van der Waals surface area contributed by atoms with Crippen LogP contribution in [0.4, 0.5) is 9.18 Å². The number of piperidine rings is 1. The smallest absolute Gasteiger partial charge is 0.407 e. The highest BCUT2D eigenvalue weighted by Gasteiger charge is 2.29. The number of halogens is 1. The molecule has 1 fully saturated rings. The van der Waals surface area contributed by atoms with Gasteiger partial charge in [0.15, 0.2) is 0 Å². The highest BCUT2D eigenvalue weighted by Crippen LogP contribution is 2.29. The molecule has 0 radical (unpaired) electrons. The quantitative estimate of drug-likeness (QED) is 0.627. The van der Waals surface area contributed by atoms with Crippen LogP contribution in [0.3, 0.4) is 0 Å². The van der Waals surface area contributed by atoms with E-state index in [1.54, 1.807) is 30.0 Å². The molecule has 0 unspecified atom stereocenters. The highest BCUT2D eigenvalue weighted by atomic mass is 19.1. The zero-order valence-electron chi connectivity index (χ0n) is 19.1. The highest BCUT2D eigenvalue weighted by molar-refractivity contribution is 6.07. The summed E-state index contributed by atoms with van der Waals surface area (Å²) in [6.07, 6.45) is 0.784. The van der Waals surface area contributed by atoms with Crippen molar-refractivity contribution in [2.75, 3.05) is 13.1 Å². The second kappa shape index (κ2) is 8.80. The second-order valence-corrected chi connectivity index (χ2v) is 9.22. The summed E-state index contributed by atoms with van der Waals surface area (Å²) in [5.41, 5.74) is 1.89. The lowest BCUT2D eigenvalue weighted by molar-refractivity contribution is 0.0473. The number of likely N-dealkylation sites (tertiary alicyclic amines) is 1. The van der Waals surface area contributed by atoms with Crippen LogP contribution in [0, 0.1) is 12.7 Å². The van der Waals surface area contributed by atoms with Gasteiger partial charge in [-0.25, -0.2) is 14.2 Å². The zero-order chi connectivity index (χ0) is 23.8. The Morgan fingerprint density at radius 1 is 1.18 bits per heavy atom. The number of hydrogen-bond donors (Lipinski definition) is 1. The predicted molar refractivity (Wildman–Crippen MR) is 120 cm³/mol. The first-order valence-corrected chi connectivity index (χ1v) is 10.9. The Hall–Kier alpha value is -3.49. The summed E-state index contributed by atoms with van der Waals surface area (Å²) in [7, 11) is 0. The number of carbonyl (C=O) groups excluding carboxylic acids is 2. The summed E-state index contributed by atoms with van der Waals surface area (Å²) >= 11 is 0. The lowest BCUT2D eigenvalue weighted by atomic mass is 10.0. The van der Waals surface area contributed by atoms with E-state index in [4.69, 9.17) is 9.26 Å². The number of alkyl carbamates (subject to hydrolysis) is 1. The summed E-state index contributed by atoms with van der Waals surface area (Å²) in [6.45, 7) is 8.18. The van der Waals surface area contributed by atoms with E-state index in [9.17, 15) is 14.0 Å². The minimum atomic E-state index is -0.563. The summed E-state index contributed by atoms with van der Waals surface area (Å²) in [4.78, 5) is 31.8. The molecule has 3 heterocycles. The molecule has 2 amide bonds. The topological polar surface area (TPSA) is 97.6 Å². The van der Waals surface area contributed by atoms with Gasteiger partial charge in [0.25, 0.3) is 11.6 Å². The molecule has 1 aliphatic rings. The fraction of sp³-hybridized carbons (Fsp3) is 0.417. The third-order valence-electron chi connectivity index (χ3n) is 5.49. The monoisotopic (exact) mass is 454 g/mol. The number of aromatic nitrogens is 2. The summed E-state index contributed by atoms with van der Waals surface area (Å²) < 4.78 is 24.0. The molecule has 8 nitrogen and oxygen atoms in total. The number of benzene rings is 1. The van der Waals surface area contributed by atoms with Gasteiger partial charge in [0.1, 0.15) is 11.4 Å². The molecule has 1 aliphatic heterocycles. The van der Waals surface area contributed by atoms with Gasteiger partial charge < -0.3 is 19.5 Å². The summed E-state index contributed by atoms with van der Waals surface area (Å²) in [6, 6.07) is 7.54. The Kier molecular flexibility index (Phi) is 6.05. The van der Waals surface area contributed by atoms with Crippen LogP contribution in [0.15, 0.2) is 34.9 Å². The Morgan fingerprint density at radius 3 is 2.48 bits per heavy atom. The Morgan fingerprint density at radius 2 is 1.85 bits per heavy atom. The molecule has 3 aromatic rings. The SMILES string of the molecule is Cc1noc2nc(-c3ccc(F)cc3)cc(C(=O)N3CCC(NC(=O)OC(C)(C)C)CC3)c12. The number of pyridine rings is 1. The molecule has 0 saturated carbocycles. The number of amides is 2. The first-order chi connectivity index (χ1) is 15.6. The van der Waals surface area contributed by atoms with Crippen LogP contribution >= 0.6 is 0 Å². The normalized spacial score (nSPS) is 15.0. The average molecular weight is 455 g/mol. The molecule has 33 heavy (non-hydrogen) atoms. The molecule has 1 N–H and O–H groups in total. The van der Waals surface area contributed by atoms with E-state index in [0.29, 0.717) is 53.8 Å². The third kappa shape index (κ3) is 5.13. The van der Waals surface area contributed by atoms with Crippen molar-refractivity contribution in [2.24, 2.45) is 0 Å². The number of aryl methyl sites for hydroxylation is 1. The number of rotatable bonds is 3. The molecular weight excluding hydrogens is 427 g/mol. The number of nitrogens with one attached hydrogen (secondary N) is 1. The summed E-state index contributed by atoms with van der Waals surface area (Å²) in [5, 5.41) is 7.43. The van der Waals surface area contributed by atoms with Crippen LogP contribution in [0.2, 0.25) is 0 Å². The van der Waals surface area contributed by atoms with Crippen LogP contribution in [-0.4, -0.2) is 51.8 Å². The maximum absolute atomic E-state index is 13.5. The molecule has 0 aliphatic carbocycles. The van der Waals surface area contributed by atoms with Gasteiger partial charge in [-0.1, -0.05) is 5.16 Å². The van der Waals surface area contributed by atoms with Crippen LogP contribution < -0.4 is 5.32 Å². The van der Waals surface area contributed by atoms with Crippen LogP contribution in [0.5, 0.6) is 0 Å². The minimum Gasteiger partial charge on any atom is -0.444 e. The van der Waals surface area contributed by atoms with Crippen molar-refractivity contribution in [3.05, 3.63) is 47.4 Å². The minimum absolute atomic E-state index is 0.0616. The first-order valence-electron chi connectivity index (χ1n) is 10.9. The molecule has 1 aromatic carbocycles. The molecule has 4 rings (SSSR count). The van der Waals surface area contributed by atoms with E-state index in [1.807, 2.05) is 20.8 Å². The van der Waals surface area contributed by atoms with Crippen molar-refractivity contribution >= 4 is 23.1 Å². The summed E-state index contributed by atoms with van der Waals surface area (Å²) in [5.74, 6) is -0.512. The number of ether oxygens (including phenoxy) is 1. The van der Waals surface area contributed by atoms with Crippen LogP contribution in [-0.2, 0) is 4.74 Å². The molecular formula is C24H27FN4O4. The Bertz CT molecular complexity index is 1180. The Labute approximate surface area is 191 Å². The third-order valence-corrected chi connectivity index (χ3v) is 5.49. The number of hydrogen-bond acceptors (Lipinski definition) is 6. The van der Waals surface area contributed by atoms with Crippen molar-refractivity contribution in [1.82, 2.24) is 20.4 Å². The maximum Gasteiger partial charge on any atom is 0.407 e. The van der Waals surface area contributed by atoms with Gasteiger partial charge in [0.05, 0.1) is 22.3 Å². The number of nitrogens with zero attached hydrogens (tertiary/aromatic N) is 3. The lowest BCUT2D eigenvalue weighted by Gasteiger charge is -2.33. The van der Waals surface area contributed by atoms with Crippen molar-refractivity contribution in [2.45, 2.75) is 52.2 Å². The van der Waals surface area contributed by atoms with Gasteiger partial charge in [-0.2, -0.15) is 0 Å². The van der Waals surface area contributed by atoms with Crippen molar-refractivity contribution in [3.8, 4) is 11.3 Å². The molecule has 0 spiro atoms. The molecule has 9 heteroatoms. The standard InChI is InChI=1S/C24H27FN4O4/c1-14-20-18(13-19(27-21(20)33-28-14)15-5-7-16(25)8-6-15)22(30)29-11-9-17(10-12-29)26-23(31)32-24(2,3)4/h5-8,13,17H,9-12H2,1-4H3,(H,26,31). The van der Waals surface area contributed by atoms with Gasteiger partial charge in [-0.05, 0) is 70.9 Å². The van der Waals surface area contributed by atoms with Gasteiger partial charge in [-0.3, -0.25) is 4.79 Å². The van der Waals surface area contributed by atoms with Crippen molar-refractivity contribution in [3.63, 3.8) is 0 Å². The maximum atomic E-state index is 13.5. The molecule has 174 valence electrons. The first kappa shape index (κ1) is 22.7. The average Bonchev–Trinajstić information content (AvgIpc) is 3.13. The van der Waals surface area contributed by atoms with Gasteiger partial charge >= 0.3 is 6.09 Å². The Balaban J connectivity index is 1.53. The molecule has 2 aromatic heterocycles. The van der Waals surface area contributed by atoms with Gasteiger partial charge in [-0.15, -0.1) is 0 Å². The van der Waals surface area contributed by atoms with Gasteiger partial charge in [0, 0.05) is 24.7 Å². The molecule has 0 bridgehead atoms. The van der Waals surface area contributed by atoms with E-state index in [0.717, 1.165) is 0 Å². The fourth-order valence-corrected chi connectivity index (χ4v) is 3.90. The predicted octanol–water partition coefficient (Wildman–Crippen LogP) is 4.47. The largest absolute Gasteiger partial charge is 0.444 e. The number of fused-ring (bicyclic) bond motifs is 1. The second-order valence-electron chi connectivity index (χ2n) is 9.22. The van der Waals surface area contributed by atoms with E-state index in [2.05, 4.69) is 15.5 Å². The molecule has 1 saturated heterocycles. The van der Waals surface area contributed by atoms with Crippen LogP contribution in [0.25, 0.3) is 22.4 Å². The van der Waals surface area contributed by atoms with Crippen LogP contribution in [0.1, 0.15) is 49.7 Å². The van der Waals surface area contributed by atoms with Crippen molar-refractivity contribution < 1.29 is 23.2 Å². The van der Waals surface area contributed by atoms with E-state index in [-0.39, 0.29) is 23.5 Å². The lowest BCUT2D eigenvalue weighted by Crippen LogP contribution is -2.47. The van der Waals surface area contributed by atoms with E-state index in [1.165, 1.54) is 12.1 Å². The zero-order valence-corrected chi connectivity index (χ0v) is 19.1. The molecule has 0 atom stereocenters. The van der Waals surface area contributed by atoms with E-state index < -0.39 is 11.7 Å². The van der Waals surface area contributed by atoms with E-state index >= 15 is 0 Å². The fourth-order valence-electron chi connectivity index (χ4n) is 3.90. The number of carbonyl (C=O) groups is 2. The van der Waals surface area contributed by atoms with Crippen molar-refractivity contribution in [1.29, 1.82) is 0 Å².